The van der Waals surface area contributed by atoms with Crippen LogP contribution in [0.25, 0.3) is 32.4 Å². The number of nitrogens with one attached hydrogen (secondary N) is 2. The third-order valence-corrected chi connectivity index (χ3v) is 11.4. The summed E-state index contributed by atoms with van der Waals surface area (Å²) in [5.74, 6) is -4.42. The van der Waals surface area contributed by atoms with Crippen molar-refractivity contribution >= 4 is 38.4 Å². The quantitative estimate of drug-likeness (QED) is 0.0877. The van der Waals surface area contributed by atoms with E-state index < -0.39 is 60.9 Å². The Morgan fingerprint density at radius 1 is 1.02 bits per heavy atom. The zero-order valence-electron chi connectivity index (χ0n) is 28.0. The number of hydrogen-bond acceptors (Lipinski definition) is 11. The number of aromatic nitrogens is 1. The van der Waals surface area contributed by atoms with Crippen molar-refractivity contribution < 1.29 is 49.6 Å². The summed E-state index contributed by atoms with van der Waals surface area (Å²) >= 11 is 0. The molecular formula is C39H42N2O10. The second-order valence-electron chi connectivity index (χ2n) is 14.4. The molecule has 51 heavy (non-hydrogen) atoms. The molecule has 5 aromatic rings. The zero-order chi connectivity index (χ0) is 35.7. The Hall–Kier alpha value is -4.11. The fraction of sp³-hybridized carbons (Fsp3) is 0.410. The molecule has 0 bridgehead atoms. The van der Waals surface area contributed by atoms with Gasteiger partial charge in [0.15, 0.2) is 17.5 Å². The molecular weight excluding hydrogens is 656 g/mol. The lowest BCUT2D eigenvalue weighted by molar-refractivity contribution is -0.308. The van der Waals surface area contributed by atoms with E-state index in [9.17, 15) is 35.4 Å². The lowest BCUT2D eigenvalue weighted by Crippen LogP contribution is -2.67. The van der Waals surface area contributed by atoms with Gasteiger partial charge < -0.3 is 55.2 Å². The predicted octanol–water partition coefficient (Wildman–Crippen LogP) is 2.62. The summed E-state index contributed by atoms with van der Waals surface area (Å²) in [6.07, 6.45) is -3.87. The number of esters is 1. The molecule has 12 nitrogen and oxygen atoms in total. The lowest BCUT2D eigenvalue weighted by Gasteiger charge is -2.53. The first kappa shape index (κ1) is 34.0. The van der Waals surface area contributed by atoms with Crippen LogP contribution in [0, 0.1) is 17.8 Å². The second-order valence-corrected chi connectivity index (χ2v) is 14.4. The molecule has 268 valence electrons. The van der Waals surface area contributed by atoms with E-state index in [1.54, 1.807) is 31.3 Å². The van der Waals surface area contributed by atoms with Crippen LogP contribution >= 0.6 is 0 Å². The highest BCUT2D eigenvalue weighted by molar-refractivity contribution is 6.14. The topological polar surface area (TPSA) is 194 Å². The summed E-state index contributed by atoms with van der Waals surface area (Å²) < 4.78 is 18.5. The van der Waals surface area contributed by atoms with Gasteiger partial charge in [0.25, 0.3) is 0 Å². The molecule has 1 aromatic heterocycles. The molecule has 1 saturated carbocycles. The fourth-order valence-corrected chi connectivity index (χ4v) is 8.91. The number of aromatic amines is 1. The Balaban J connectivity index is 1.16. The molecule has 2 aliphatic heterocycles. The van der Waals surface area contributed by atoms with Gasteiger partial charge in [0, 0.05) is 12.5 Å². The van der Waals surface area contributed by atoms with Crippen LogP contribution < -0.4 is 10.1 Å². The molecule has 9 atom stereocenters. The van der Waals surface area contributed by atoms with Gasteiger partial charge in [-0.3, -0.25) is 0 Å². The number of phenolic OH excluding ortho intramolecular Hbond substituents is 1. The third kappa shape index (κ3) is 5.49. The second kappa shape index (κ2) is 12.8. The minimum absolute atomic E-state index is 0.0745. The summed E-state index contributed by atoms with van der Waals surface area (Å²) in [6, 6.07) is 22.4. The molecule has 0 spiro atoms. The highest BCUT2D eigenvalue weighted by Gasteiger charge is 2.71. The van der Waals surface area contributed by atoms with E-state index in [0.717, 1.165) is 27.1 Å². The monoisotopic (exact) mass is 698 g/mol. The van der Waals surface area contributed by atoms with E-state index in [4.69, 9.17) is 14.2 Å². The van der Waals surface area contributed by atoms with Crippen molar-refractivity contribution in [3.63, 3.8) is 0 Å². The molecule has 8 rings (SSSR count). The van der Waals surface area contributed by atoms with Crippen LogP contribution in [0.4, 0.5) is 0 Å². The minimum atomic E-state index is -2.56. The van der Waals surface area contributed by atoms with Crippen molar-refractivity contribution in [2.45, 2.75) is 61.7 Å². The Morgan fingerprint density at radius 2 is 1.76 bits per heavy atom. The number of aromatic hydroxyl groups is 1. The number of rotatable bonds is 8. The Kier molecular flexibility index (Phi) is 8.56. The van der Waals surface area contributed by atoms with Crippen molar-refractivity contribution in [2.75, 3.05) is 20.2 Å². The normalized spacial score (nSPS) is 31.9. The number of H-pyrrole nitrogens is 1. The summed E-state index contributed by atoms with van der Waals surface area (Å²) in [7, 11) is 1.79. The largest absolute Gasteiger partial charge is 0.508 e. The maximum Gasteiger partial charge on any atom is 0.343 e. The predicted molar refractivity (Wildman–Crippen MR) is 187 cm³/mol. The van der Waals surface area contributed by atoms with Crippen molar-refractivity contribution in [3.05, 3.63) is 84.1 Å². The third-order valence-electron chi connectivity index (χ3n) is 11.4. The Labute approximate surface area is 293 Å². The SMILES string of the molecule is CNCC1CC2CC3(O)C(OC2C(Cc2ccc(O)cc2)C1O)C(C(=O)Oc1c(CO)[nH]c2ccc4cc5ccccc5cc4c12)OC3(O)CO. The van der Waals surface area contributed by atoms with Gasteiger partial charge in [0.2, 0.25) is 5.79 Å². The van der Waals surface area contributed by atoms with E-state index in [2.05, 4.69) is 10.3 Å². The van der Waals surface area contributed by atoms with Crippen molar-refractivity contribution in [3.8, 4) is 11.5 Å². The number of phenols is 1. The summed E-state index contributed by atoms with van der Waals surface area (Å²) in [4.78, 5) is 17.4. The standard InChI is InChI=1S/C39H42N2O10/c1-40-17-25-14-24-16-38(47)36(49-33(24)28(32(25)45)12-20-6-9-26(44)10-7-20)35(51-39(38,48)19-43)37(46)50-34-30(18-42)41-29-11-8-23-13-21-4-2-3-5-22(21)15-27(23)31(29)34/h2-11,13,15,24-25,28,32-33,35-36,40-45,47-48H,12,14,16-19H2,1H3. The van der Waals surface area contributed by atoms with Gasteiger partial charge in [0.05, 0.1) is 35.4 Å². The maximum absolute atomic E-state index is 14.2. The van der Waals surface area contributed by atoms with Gasteiger partial charge in [-0.25, -0.2) is 4.79 Å². The number of aliphatic hydroxyl groups excluding tert-OH is 3. The number of hydrogen-bond donors (Lipinski definition) is 8. The fourth-order valence-electron chi connectivity index (χ4n) is 8.91. The molecule has 8 N–H and O–H groups in total. The van der Waals surface area contributed by atoms with Gasteiger partial charge in [-0.1, -0.05) is 42.5 Å². The first-order valence-corrected chi connectivity index (χ1v) is 17.4. The van der Waals surface area contributed by atoms with Gasteiger partial charge in [-0.05, 0) is 95.6 Å². The van der Waals surface area contributed by atoms with Crippen LogP contribution in [0.5, 0.6) is 11.5 Å². The molecule has 12 heteroatoms. The molecule has 1 aliphatic carbocycles. The highest BCUT2D eigenvalue weighted by atomic mass is 16.7. The highest BCUT2D eigenvalue weighted by Crippen LogP contribution is 2.54. The van der Waals surface area contributed by atoms with Gasteiger partial charge >= 0.3 is 5.97 Å². The molecule has 2 saturated heterocycles. The van der Waals surface area contributed by atoms with Gasteiger partial charge in [-0.15, -0.1) is 0 Å². The van der Waals surface area contributed by atoms with Gasteiger partial charge in [0.1, 0.15) is 18.5 Å². The van der Waals surface area contributed by atoms with Crippen LogP contribution in [-0.4, -0.2) is 97.6 Å². The first-order valence-electron chi connectivity index (χ1n) is 17.4. The van der Waals surface area contributed by atoms with Crippen LogP contribution in [0.15, 0.2) is 72.8 Å². The lowest BCUT2D eigenvalue weighted by atomic mass is 9.63. The Bertz CT molecular complexity index is 2100. The van der Waals surface area contributed by atoms with Crippen molar-refractivity contribution in [1.29, 1.82) is 0 Å². The molecule has 0 radical (unpaired) electrons. The number of carbonyl (C=O) groups is 1. The first-order chi connectivity index (χ1) is 24.6. The van der Waals surface area contributed by atoms with Crippen LogP contribution in [0.1, 0.15) is 24.1 Å². The van der Waals surface area contributed by atoms with E-state index >= 15 is 0 Å². The van der Waals surface area contributed by atoms with E-state index in [1.165, 1.54) is 0 Å². The summed E-state index contributed by atoms with van der Waals surface area (Å²) in [6.45, 7) is -0.996. The molecule has 3 aliphatic rings. The van der Waals surface area contributed by atoms with Crippen molar-refractivity contribution in [2.24, 2.45) is 17.8 Å². The molecule has 4 aromatic carbocycles. The molecule has 0 amide bonds. The summed E-state index contributed by atoms with van der Waals surface area (Å²) in [5, 5.41) is 73.4. The number of carbonyl (C=O) groups excluding carboxylic acids is 1. The maximum atomic E-state index is 14.2. The van der Waals surface area contributed by atoms with Crippen LogP contribution in [0.2, 0.25) is 0 Å². The van der Waals surface area contributed by atoms with Crippen LogP contribution in [0.3, 0.4) is 0 Å². The average Bonchev–Trinajstić information content (AvgIpc) is 3.60. The number of aliphatic hydroxyl groups is 5. The number of fused-ring (bicyclic) bond motifs is 6. The minimum Gasteiger partial charge on any atom is -0.508 e. The molecule has 9 unspecified atom stereocenters. The van der Waals surface area contributed by atoms with Gasteiger partial charge in [-0.2, -0.15) is 0 Å². The molecule has 3 heterocycles. The van der Waals surface area contributed by atoms with E-state index in [1.807, 2.05) is 48.5 Å². The smallest absolute Gasteiger partial charge is 0.343 e. The number of ether oxygens (including phenoxy) is 3. The van der Waals surface area contributed by atoms with Crippen molar-refractivity contribution in [1.82, 2.24) is 10.3 Å². The summed E-state index contributed by atoms with van der Waals surface area (Å²) in [5.41, 5.74) is -0.476. The van der Waals surface area contributed by atoms with E-state index in [0.29, 0.717) is 30.3 Å². The van der Waals surface area contributed by atoms with E-state index in [-0.39, 0.29) is 35.4 Å². The molecule has 3 fully saturated rings. The number of benzene rings is 4. The van der Waals surface area contributed by atoms with Crippen LogP contribution in [-0.2, 0) is 27.3 Å². The Morgan fingerprint density at radius 3 is 2.47 bits per heavy atom. The zero-order valence-corrected chi connectivity index (χ0v) is 28.0. The average molecular weight is 699 g/mol.